The van der Waals surface area contributed by atoms with E-state index in [1.54, 1.807) is 12.3 Å². The van der Waals surface area contributed by atoms with Gasteiger partial charge in [0.05, 0.1) is 12.4 Å². The van der Waals surface area contributed by atoms with Crippen LogP contribution in [-0.2, 0) is 0 Å². The number of rotatable bonds is 3. The summed E-state index contributed by atoms with van der Waals surface area (Å²) in [4.78, 5) is 18.7. The molecule has 0 radical (unpaired) electrons. The molecule has 0 unspecified atom stereocenters. The largest absolute Gasteiger partial charge is 0.355 e. The summed E-state index contributed by atoms with van der Waals surface area (Å²) in [5.41, 5.74) is 1.28. The maximum atomic E-state index is 12.7. The van der Waals surface area contributed by atoms with Crippen LogP contribution in [0.25, 0.3) is 11.3 Å². The molecule has 0 spiro atoms. The van der Waals surface area contributed by atoms with Gasteiger partial charge in [-0.15, -0.1) is 0 Å². The van der Waals surface area contributed by atoms with Gasteiger partial charge in [0.2, 0.25) is 0 Å². The quantitative estimate of drug-likeness (QED) is 0.743. The first-order valence-electron chi connectivity index (χ1n) is 8.10. The zero-order valence-electron chi connectivity index (χ0n) is 13.2. The number of imidazole rings is 1. The number of nitrogens with zero attached hydrogens (tertiary/aromatic N) is 4. The zero-order valence-corrected chi connectivity index (χ0v) is 13.2. The minimum absolute atomic E-state index is 0.0780. The van der Waals surface area contributed by atoms with E-state index in [4.69, 9.17) is 4.52 Å². The molecule has 3 aromatic rings. The van der Waals surface area contributed by atoms with Crippen molar-refractivity contribution in [2.24, 2.45) is 0 Å². The lowest BCUT2D eigenvalue weighted by Gasteiger charge is -2.32. The molecule has 1 aliphatic rings. The third-order valence-corrected chi connectivity index (χ3v) is 4.42. The third kappa shape index (κ3) is 2.82. The van der Waals surface area contributed by atoms with Gasteiger partial charge in [-0.25, -0.2) is 4.98 Å². The monoisotopic (exact) mass is 322 g/mol. The Labute approximate surface area is 139 Å². The van der Waals surface area contributed by atoms with Crippen LogP contribution in [0, 0.1) is 0 Å². The normalized spacial score (nSPS) is 17.8. The maximum absolute atomic E-state index is 12.7. The van der Waals surface area contributed by atoms with Gasteiger partial charge in [-0.3, -0.25) is 4.79 Å². The standard InChI is InChI=1S/C18H18N4O2/c23-18(16-11-17(24-20-16)14-5-2-1-3-6-14)21-9-4-7-15(12-21)22-10-8-19-13-22/h1-3,5-6,8,10-11,13,15H,4,7,9,12H2/t15-/m0/s1. The van der Waals surface area contributed by atoms with Gasteiger partial charge >= 0.3 is 0 Å². The fourth-order valence-electron chi connectivity index (χ4n) is 3.14. The van der Waals surface area contributed by atoms with E-state index in [0.29, 0.717) is 18.0 Å². The number of piperidine rings is 1. The molecule has 0 saturated carbocycles. The second kappa shape index (κ2) is 6.31. The predicted octanol–water partition coefficient (Wildman–Crippen LogP) is 3.02. The van der Waals surface area contributed by atoms with E-state index >= 15 is 0 Å². The average molecular weight is 322 g/mol. The summed E-state index contributed by atoms with van der Waals surface area (Å²) in [6.07, 6.45) is 7.54. The van der Waals surface area contributed by atoms with Gasteiger partial charge in [-0.1, -0.05) is 35.5 Å². The van der Waals surface area contributed by atoms with Crippen LogP contribution in [0.5, 0.6) is 0 Å². The minimum atomic E-state index is -0.0780. The second-order valence-electron chi connectivity index (χ2n) is 6.00. The van der Waals surface area contributed by atoms with E-state index < -0.39 is 0 Å². The van der Waals surface area contributed by atoms with Crippen LogP contribution in [0.1, 0.15) is 29.4 Å². The molecule has 0 bridgehead atoms. The van der Waals surface area contributed by atoms with Crippen LogP contribution in [0.4, 0.5) is 0 Å². The summed E-state index contributed by atoms with van der Waals surface area (Å²) < 4.78 is 7.42. The number of carbonyl (C=O) groups excluding carboxylic acids is 1. The van der Waals surface area contributed by atoms with E-state index in [0.717, 1.165) is 24.9 Å². The van der Waals surface area contributed by atoms with Crippen molar-refractivity contribution in [3.8, 4) is 11.3 Å². The maximum Gasteiger partial charge on any atom is 0.276 e. The lowest BCUT2D eigenvalue weighted by Crippen LogP contribution is -2.40. The smallest absolute Gasteiger partial charge is 0.276 e. The summed E-state index contributed by atoms with van der Waals surface area (Å²) in [5, 5.41) is 3.97. The Morgan fingerprint density at radius 3 is 2.92 bits per heavy atom. The summed E-state index contributed by atoms with van der Waals surface area (Å²) >= 11 is 0. The number of benzene rings is 1. The van der Waals surface area contributed by atoms with E-state index in [1.807, 2.05) is 47.8 Å². The molecular formula is C18H18N4O2. The molecule has 4 rings (SSSR count). The SMILES string of the molecule is O=C(c1cc(-c2ccccc2)on1)N1CCC[C@H](n2ccnc2)C1. The number of aromatic nitrogens is 3. The lowest BCUT2D eigenvalue weighted by molar-refractivity contribution is 0.0669. The fourth-order valence-corrected chi connectivity index (χ4v) is 3.14. The molecular weight excluding hydrogens is 304 g/mol. The molecule has 6 heteroatoms. The predicted molar refractivity (Wildman–Crippen MR) is 88.3 cm³/mol. The Morgan fingerprint density at radius 2 is 2.12 bits per heavy atom. The van der Waals surface area contributed by atoms with Crippen molar-refractivity contribution in [2.75, 3.05) is 13.1 Å². The Balaban J connectivity index is 1.50. The Kier molecular flexibility index (Phi) is 3.86. The van der Waals surface area contributed by atoms with Crippen LogP contribution in [0.15, 0.2) is 59.6 Å². The van der Waals surface area contributed by atoms with Gasteiger partial charge in [-0.2, -0.15) is 0 Å². The Bertz CT molecular complexity index is 811. The molecule has 24 heavy (non-hydrogen) atoms. The van der Waals surface area contributed by atoms with Crippen LogP contribution in [0.3, 0.4) is 0 Å². The molecule has 0 N–H and O–H groups in total. The second-order valence-corrected chi connectivity index (χ2v) is 6.00. The first-order chi connectivity index (χ1) is 11.8. The van der Waals surface area contributed by atoms with Gasteiger partial charge in [0, 0.05) is 37.1 Å². The Morgan fingerprint density at radius 1 is 1.25 bits per heavy atom. The molecule has 1 amide bonds. The highest BCUT2D eigenvalue weighted by molar-refractivity contribution is 5.93. The summed E-state index contributed by atoms with van der Waals surface area (Å²) in [6.45, 7) is 1.42. The van der Waals surface area contributed by atoms with E-state index in [9.17, 15) is 4.79 Å². The third-order valence-electron chi connectivity index (χ3n) is 4.42. The zero-order chi connectivity index (χ0) is 16.4. The van der Waals surface area contributed by atoms with Crippen molar-refractivity contribution in [3.05, 3.63) is 60.8 Å². The lowest BCUT2D eigenvalue weighted by atomic mass is 10.1. The molecule has 6 nitrogen and oxygen atoms in total. The van der Waals surface area contributed by atoms with Crippen molar-refractivity contribution in [3.63, 3.8) is 0 Å². The summed E-state index contributed by atoms with van der Waals surface area (Å²) in [6, 6.07) is 11.7. The van der Waals surface area contributed by atoms with Crippen molar-refractivity contribution in [1.29, 1.82) is 0 Å². The fraction of sp³-hybridized carbons (Fsp3) is 0.278. The van der Waals surface area contributed by atoms with E-state index in [2.05, 4.69) is 14.7 Å². The molecule has 1 atom stereocenters. The number of carbonyl (C=O) groups is 1. The number of amides is 1. The summed E-state index contributed by atoms with van der Waals surface area (Å²) in [7, 11) is 0. The first-order valence-corrected chi connectivity index (χ1v) is 8.10. The van der Waals surface area contributed by atoms with Crippen LogP contribution in [-0.4, -0.2) is 38.6 Å². The topological polar surface area (TPSA) is 64.2 Å². The summed E-state index contributed by atoms with van der Waals surface area (Å²) in [5.74, 6) is 0.535. The molecule has 0 aliphatic carbocycles. The molecule has 3 heterocycles. The van der Waals surface area contributed by atoms with Crippen molar-refractivity contribution in [1.82, 2.24) is 19.6 Å². The van der Waals surface area contributed by atoms with Gasteiger partial charge in [0.15, 0.2) is 11.5 Å². The van der Waals surface area contributed by atoms with Crippen molar-refractivity contribution in [2.45, 2.75) is 18.9 Å². The average Bonchev–Trinajstić information content (AvgIpc) is 3.34. The van der Waals surface area contributed by atoms with Crippen LogP contribution >= 0.6 is 0 Å². The van der Waals surface area contributed by atoms with Crippen LogP contribution < -0.4 is 0 Å². The van der Waals surface area contributed by atoms with Gasteiger partial charge in [0.1, 0.15) is 0 Å². The molecule has 2 aromatic heterocycles. The van der Waals surface area contributed by atoms with Crippen molar-refractivity contribution < 1.29 is 9.32 Å². The van der Waals surface area contributed by atoms with Gasteiger partial charge in [-0.05, 0) is 12.8 Å². The molecule has 1 aromatic carbocycles. The number of likely N-dealkylation sites (tertiary alicyclic amines) is 1. The molecule has 122 valence electrons. The van der Waals surface area contributed by atoms with Crippen LogP contribution in [0.2, 0.25) is 0 Å². The minimum Gasteiger partial charge on any atom is -0.355 e. The highest BCUT2D eigenvalue weighted by Gasteiger charge is 2.27. The molecule has 1 aliphatic heterocycles. The number of hydrogen-bond acceptors (Lipinski definition) is 4. The van der Waals surface area contributed by atoms with Gasteiger partial charge in [0.25, 0.3) is 5.91 Å². The first kappa shape index (κ1) is 14.7. The molecule has 1 fully saturated rings. The van der Waals surface area contributed by atoms with Crippen molar-refractivity contribution >= 4 is 5.91 Å². The van der Waals surface area contributed by atoms with E-state index in [-0.39, 0.29) is 11.9 Å². The highest BCUT2D eigenvalue weighted by atomic mass is 16.5. The van der Waals surface area contributed by atoms with Gasteiger partial charge < -0.3 is 14.0 Å². The Hall–Kier alpha value is -2.89. The van der Waals surface area contributed by atoms with E-state index in [1.165, 1.54) is 0 Å². The number of hydrogen-bond donors (Lipinski definition) is 0. The highest BCUT2D eigenvalue weighted by Crippen LogP contribution is 2.24. The molecule has 1 saturated heterocycles.